The molecule has 52 valence electrons. The van der Waals surface area contributed by atoms with Crippen LogP contribution < -0.4 is 5.32 Å². The molecule has 0 bridgehead atoms. The number of hydrogen-bond acceptors (Lipinski definition) is 3. The molecule has 0 aliphatic rings. The summed E-state index contributed by atoms with van der Waals surface area (Å²) in [7, 11) is 0. The molecule has 4 nitrogen and oxygen atoms in total. The van der Waals surface area contributed by atoms with Crippen molar-refractivity contribution in [2.45, 2.75) is 0 Å². The van der Waals surface area contributed by atoms with E-state index in [1.54, 1.807) is 12.1 Å². The highest BCUT2D eigenvalue weighted by molar-refractivity contribution is 6.29. The Kier molecular flexibility index (Phi) is 1.84. The Hall–Kier alpha value is -1.58. The van der Waals surface area contributed by atoms with Gasteiger partial charge in [-0.3, -0.25) is 14.9 Å². The van der Waals surface area contributed by atoms with Crippen molar-refractivity contribution in [3.63, 3.8) is 0 Å². The molecule has 10 heavy (non-hydrogen) atoms. The van der Waals surface area contributed by atoms with Gasteiger partial charge in [0.15, 0.2) is 5.88 Å². The Bertz CT molecular complexity index is 227. The van der Waals surface area contributed by atoms with Gasteiger partial charge in [0.05, 0.1) is 6.26 Å². The van der Waals surface area contributed by atoms with E-state index >= 15 is 0 Å². The molecule has 0 aliphatic heterocycles. The minimum Gasteiger partial charge on any atom is -0.449 e. The standard InChI is InChI=1S/C6H5NO3/c8-4-5(9)7-6-2-1-3-10-6/h1-4H,(H,7,9). The molecule has 1 aromatic rings. The van der Waals surface area contributed by atoms with Crippen LogP contribution in [0.4, 0.5) is 5.88 Å². The Morgan fingerprint density at radius 2 is 2.50 bits per heavy atom. The molecular formula is C6H5NO3. The van der Waals surface area contributed by atoms with Crippen LogP contribution in [-0.2, 0) is 9.59 Å². The summed E-state index contributed by atoms with van der Waals surface area (Å²) >= 11 is 0. The lowest BCUT2D eigenvalue weighted by atomic mass is 10.6. The molecule has 0 radical (unpaired) electrons. The largest absolute Gasteiger partial charge is 0.449 e. The summed E-state index contributed by atoms with van der Waals surface area (Å²) in [4.78, 5) is 20.1. The number of aldehydes is 1. The second-order valence-electron chi connectivity index (χ2n) is 1.58. The van der Waals surface area contributed by atoms with Crippen molar-refractivity contribution in [3.05, 3.63) is 18.4 Å². The molecule has 0 fully saturated rings. The van der Waals surface area contributed by atoms with Crippen molar-refractivity contribution in [1.29, 1.82) is 0 Å². The van der Waals surface area contributed by atoms with Gasteiger partial charge in [-0.2, -0.15) is 0 Å². The summed E-state index contributed by atoms with van der Waals surface area (Å²) in [5.74, 6) is -0.438. The van der Waals surface area contributed by atoms with E-state index in [0.717, 1.165) is 0 Å². The van der Waals surface area contributed by atoms with Gasteiger partial charge < -0.3 is 4.42 Å². The lowest BCUT2D eigenvalue weighted by Crippen LogP contribution is -2.11. The maximum absolute atomic E-state index is 10.3. The minimum absolute atomic E-state index is 0.183. The van der Waals surface area contributed by atoms with Crippen molar-refractivity contribution < 1.29 is 14.0 Å². The maximum Gasteiger partial charge on any atom is 0.290 e. The van der Waals surface area contributed by atoms with Crippen LogP contribution in [0, 0.1) is 0 Å². The molecule has 0 atom stereocenters. The van der Waals surface area contributed by atoms with Gasteiger partial charge in [-0.25, -0.2) is 0 Å². The number of furan rings is 1. The first kappa shape index (κ1) is 6.54. The van der Waals surface area contributed by atoms with Crippen LogP contribution in [0.1, 0.15) is 0 Å². The summed E-state index contributed by atoms with van der Waals surface area (Å²) in [5, 5.41) is 2.20. The summed E-state index contributed by atoms with van der Waals surface area (Å²) in [5.41, 5.74) is 0. The molecule has 0 unspecified atom stereocenters. The van der Waals surface area contributed by atoms with Crippen molar-refractivity contribution >= 4 is 18.1 Å². The van der Waals surface area contributed by atoms with Crippen LogP contribution in [0.15, 0.2) is 22.8 Å². The van der Waals surface area contributed by atoms with Crippen LogP contribution in [0.25, 0.3) is 0 Å². The second-order valence-corrected chi connectivity index (χ2v) is 1.58. The molecule has 4 heteroatoms. The summed E-state index contributed by atoms with van der Waals surface area (Å²) < 4.78 is 4.72. The SMILES string of the molecule is O=CC(=O)Nc1ccco1. The first-order valence-electron chi connectivity index (χ1n) is 2.62. The predicted molar refractivity (Wildman–Crippen MR) is 33.4 cm³/mol. The molecule has 0 saturated carbocycles. The van der Waals surface area contributed by atoms with Crippen molar-refractivity contribution in [3.8, 4) is 0 Å². The number of rotatable bonds is 2. The van der Waals surface area contributed by atoms with E-state index in [1.165, 1.54) is 6.26 Å². The molecule has 1 aromatic heterocycles. The predicted octanol–water partition coefficient (Wildman–Crippen LogP) is 0.417. The summed E-state index contributed by atoms with van der Waals surface area (Å²) in [6.45, 7) is 0. The fourth-order valence-electron chi connectivity index (χ4n) is 0.501. The normalized spacial score (nSPS) is 8.80. The lowest BCUT2D eigenvalue weighted by molar-refractivity contribution is -0.127. The Morgan fingerprint density at radius 3 is 3.00 bits per heavy atom. The van der Waals surface area contributed by atoms with Crippen molar-refractivity contribution in [2.75, 3.05) is 5.32 Å². The first-order chi connectivity index (χ1) is 4.83. The van der Waals surface area contributed by atoms with Gasteiger partial charge in [-0.15, -0.1) is 0 Å². The Balaban J connectivity index is 2.56. The van der Waals surface area contributed by atoms with E-state index in [2.05, 4.69) is 5.32 Å². The monoisotopic (exact) mass is 139 g/mol. The van der Waals surface area contributed by atoms with E-state index in [9.17, 15) is 9.59 Å². The lowest BCUT2D eigenvalue weighted by Gasteiger charge is -1.90. The summed E-state index contributed by atoms with van der Waals surface area (Å²) in [6, 6.07) is 3.15. The quantitative estimate of drug-likeness (QED) is 0.477. The van der Waals surface area contributed by atoms with Crippen molar-refractivity contribution in [2.24, 2.45) is 0 Å². The van der Waals surface area contributed by atoms with E-state index in [1.807, 2.05) is 0 Å². The minimum atomic E-state index is -0.713. The van der Waals surface area contributed by atoms with Crippen LogP contribution in [0.5, 0.6) is 0 Å². The molecular weight excluding hydrogens is 134 g/mol. The van der Waals surface area contributed by atoms with E-state index in [-0.39, 0.29) is 12.2 Å². The number of anilines is 1. The van der Waals surface area contributed by atoms with Gasteiger partial charge in [-0.05, 0) is 6.07 Å². The summed E-state index contributed by atoms with van der Waals surface area (Å²) in [6.07, 6.45) is 1.59. The number of hydrogen-bond donors (Lipinski definition) is 1. The molecule has 0 aliphatic carbocycles. The van der Waals surface area contributed by atoms with Gasteiger partial charge in [0.1, 0.15) is 0 Å². The van der Waals surface area contributed by atoms with Crippen LogP contribution >= 0.6 is 0 Å². The van der Waals surface area contributed by atoms with E-state index in [0.29, 0.717) is 0 Å². The zero-order valence-electron chi connectivity index (χ0n) is 5.03. The van der Waals surface area contributed by atoms with Crippen molar-refractivity contribution in [1.82, 2.24) is 0 Å². The van der Waals surface area contributed by atoms with Gasteiger partial charge in [-0.1, -0.05) is 0 Å². The highest BCUT2D eigenvalue weighted by atomic mass is 16.3. The van der Waals surface area contributed by atoms with Crippen LogP contribution in [0.2, 0.25) is 0 Å². The number of amides is 1. The van der Waals surface area contributed by atoms with Crippen LogP contribution in [-0.4, -0.2) is 12.2 Å². The average molecular weight is 139 g/mol. The zero-order valence-corrected chi connectivity index (χ0v) is 5.03. The van der Waals surface area contributed by atoms with E-state index < -0.39 is 5.91 Å². The highest BCUT2D eigenvalue weighted by Crippen LogP contribution is 2.04. The maximum atomic E-state index is 10.3. The molecule has 0 spiro atoms. The first-order valence-corrected chi connectivity index (χ1v) is 2.62. The average Bonchev–Trinajstić information content (AvgIpc) is 2.40. The van der Waals surface area contributed by atoms with E-state index in [4.69, 9.17) is 4.42 Å². The molecule has 1 N–H and O–H groups in total. The number of nitrogens with one attached hydrogen (secondary N) is 1. The van der Waals surface area contributed by atoms with Gasteiger partial charge >= 0.3 is 0 Å². The number of carbonyl (C=O) groups excluding carboxylic acids is 2. The highest BCUT2D eigenvalue weighted by Gasteiger charge is 1.99. The topological polar surface area (TPSA) is 59.3 Å². The third kappa shape index (κ3) is 1.45. The Labute approximate surface area is 56.8 Å². The second kappa shape index (κ2) is 2.82. The molecule has 0 saturated heterocycles. The Morgan fingerprint density at radius 1 is 1.70 bits per heavy atom. The van der Waals surface area contributed by atoms with Crippen LogP contribution in [0.3, 0.4) is 0 Å². The van der Waals surface area contributed by atoms with Gasteiger partial charge in [0.2, 0.25) is 6.29 Å². The molecule has 1 rings (SSSR count). The fraction of sp³-hybridized carbons (Fsp3) is 0. The number of carbonyl (C=O) groups is 2. The smallest absolute Gasteiger partial charge is 0.290 e. The zero-order chi connectivity index (χ0) is 7.40. The molecule has 1 heterocycles. The third-order valence-electron chi connectivity index (χ3n) is 0.875. The molecule has 0 aromatic carbocycles. The van der Waals surface area contributed by atoms with Gasteiger partial charge in [0.25, 0.3) is 5.91 Å². The van der Waals surface area contributed by atoms with Gasteiger partial charge in [0, 0.05) is 6.07 Å². The molecule has 1 amide bonds. The third-order valence-corrected chi connectivity index (χ3v) is 0.875. The fourth-order valence-corrected chi connectivity index (χ4v) is 0.501.